The van der Waals surface area contributed by atoms with Gasteiger partial charge in [0, 0.05) is 41.9 Å². The van der Waals surface area contributed by atoms with E-state index in [1.807, 2.05) is 0 Å². The largest absolute Gasteiger partial charge is 0.325 e. The first-order valence-electron chi connectivity index (χ1n) is 13.4. The minimum absolute atomic E-state index is 0.0739. The number of carbonyl (C=O) groups excluding carboxylic acids is 3. The number of carbonyl (C=O) groups is 3. The van der Waals surface area contributed by atoms with Crippen molar-refractivity contribution < 1.29 is 14.4 Å². The topological polar surface area (TPSA) is 160 Å². The number of piperidine rings is 1. The van der Waals surface area contributed by atoms with Crippen molar-refractivity contribution >= 4 is 50.2 Å². The molecule has 42 heavy (non-hydrogen) atoms. The van der Waals surface area contributed by atoms with Crippen molar-refractivity contribution in [3.63, 3.8) is 0 Å². The average Bonchev–Trinajstić information content (AvgIpc) is 3.32. The zero-order valence-corrected chi connectivity index (χ0v) is 24.7. The summed E-state index contributed by atoms with van der Waals surface area (Å²) in [6, 6.07) is 6.49. The maximum atomic E-state index is 13.8. The van der Waals surface area contributed by atoms with E-state index in [4.69, 9.17) is 0 Å². The lowest BCUT2D eigenvalue weighted by Crippen LogP contribution is -2.47. The van der Waals surface area contributed by atoms with E-state index in [0.29, 0.717) is 50.4 Å². The van der Waals surface area contributed by atoms with Gasteiger partial charge in [-0.25, -0.2) is 15.0 Å². The van der Waals surface area contributed by atoms with Gasteiger partial charge >= 0.3 is 0 Å². The maximum Gasteiger partial charge on any atom is 0.248 e. The predicted molar refractivity (Wildman–Crippen MR) is 155 cm³/mol. The van der Waals surface area contributed by atoms with Crippen LogP contribution < -0.4 is 5.32 Å². The summed E-state index contributed by atoms with van der Waals surface area (Å²) in [7, 11) is 0. The Morgan fingerprint density at radius 2 is 1.93 bits per heavy atom. The van der Waals surface area contributed by atoms with Gasteiger partial charge < -0.3 is 10.2 Å². The van der Waals surface area contributed by atoms with Crippen LogP contribution >= 0.6 is 15.9 Å². The summed E-state index contributed by atoms with van der Waals surface area (Å²) in [5.41, 5.74) is 2.47. The number of nitriles is 1. The quantitative estimate of drug-likeness (QED) is 0.238. The molecule has 1 aliphatic carbocycles. The normalized spacial score (nSPS) is 20.7. The highest BCUT2D eigenvalue weighted by atomic mass is 79.9. The number of nitrogens with zero attached hydrogens (tertiary/aromatic N) is 8. The Morgan fingerprint density at radius 3 is 2.64 bits per heavy atom. The molecule has 13 heteroatoms. The molecule has 0 radical (unpaired) electrons. The fraction of sp³-hybridized carbons (Fsp3) is 0.345. The summed E-state index contributed by atoms with van der Waals surface area (Å²) in [5, 5.41) is 17.1. The van der Waals surface area contributed by atoms with Gasteiger partial charge in [0.1, 0.15) is 34.5 Å². The zero-order valence-electron chi connectivity index (χ0n) is 23.1. The molecule has 0 aromatic carbocycles. The predicted octanol–water partition coefficient (Wildman–Crippen LogP) is 3.64. The summed E-state index contributed by atoms with van der Waals surface area (Å²) in [4.78, 5) is 58.8. The van der Waals surface area contributed by atoms with Crippen molar-refractivity contribution in [1.29, 1.82) is 5.26 Å². The maximum absolute atomic E-state index is 13.8. The number of pyridine rings is 2. The number of ketones is 1. The molecule has 4 aromatic rings. The van der Waals surface area contributed by atoms with Crippen LogP contribution in [0.5, 0.6) is 0 Å². The van der Waals surface area contributed by atoms with E-state index >= 15 is 0 Å². The Labute approximate surface area is 249 Å². The lowest BCUT2D eigenvalue weighted by molar-refractivity contribution is -0.138. The molecule has 2 fully saturated rings. The van der Waals surface area contributed by atoms with Gasteiger partial charge in [-0.05, 0) is 53.2 Å². The molecule has 6 rings (SSSR count). The zero-order chi connectivity index (χ0) is 29.8. The van der Waals surface area contributed by atoms with E-state index in [0.717, 1.165) is 6.42 Å². The van der Waals surface area contributed by atoms with Crippen molar-refractivity contribution in [2.45, 2.75) is 58.7 Å². The third kappa shape index (κ3) is 4.92. The van der Waals surface area contributed by atoms with E-state index in [9.17, 15) is 19.6 Å². The number of amides is 2. The molecule has 12 nitrogen and oxygen atoms in total. The van der Waals surface area contributed by atoms with Crippen LogP contribution in [0.3, 0.4) is 0 Å². The van der Waals surface area contributed by atoms with Gasteiger partial charge in [0.15, 0.2) is 5.78 Å². The van der Waals surface area contributed by atoms with Gasteiger partial charge in [-0.2, -0.15) is 10.4 Å². The standard InChI is InChI=1S/C29H26BrN9O3/c1-15(40)26-19-8-20(18-11-32-16(2)33-12-18)34-13-22(19)38(37-26)14-25(41)39-21(9-29(3)10-23(29)39)28(42)36-27-17(6-7-31)4-5-24(30)35-27/h4-5,8,11-13,21,23H,6,9-10,14H2,1-3H3,(H,35,36,42)/t21-,23+,29-/m0/s1. The molecule has 3 atom stereocenters. The van der Waals surface area contributed by atoms with Crippen LogP contribution in [0, 0.1) is 23.7 Å². The fourth-order valence-electron chi connectivity index (χ4n) is 5.71. The number of rotatable bonds is 7. The second-order valence-electron chi connectivity index (χ2n) is 11.0. The number of fused-ring (bicyclic) bond motifs is 2. The lowest BCUT2D eigenvalue weighted by atomic mass is 10.0. The highest BCUT2D eigenvalue weighted by molar-refractivity contribution is 9.10. The first-order chi connectivity index (χ1) is 20.1. The van der Waals surface area contributed by atoms with Crippen molar-refractivity contribution in [3.8, 4) is 17.3 Å². The Bertz CT molecular complexity index is 1810. The van der Waals surface area contributed by atoms with Crippen LogP contribution in [0.1, 0.15) is 48.6 Å². The van der Waals surface area contributed by atoms with Gasteiger partial charge in [0.2, 0.25) is 11.8 Å². The molecular weight excluding hydrogens is 602 g/mol. The number of nitrogens with one attached hydrogen (secondary N) is 1. The van der Waals surface area contributed by atoms with Crippen LogP contribution in [0.2, 0.25) is 0 Å². The molecule has 1 N–H and O–H groups in total. The molecule has 2 aliphatic rings. The Balaban J connectivity index is 1.28. The molecule has 0 bridgehead atoms. The van der Waals surface area contributed by atoms with Gasteiger partial charge in [0.05, 0.1) is 29.9 Å². The molecule has 4 aromatic heterocycles. The van der Waals surface area contributed by atoms with Crippen LogP contribution in [0.25, 0.3) is 22.2 Å². The second kappa shape index (κ2) is 10.4. The summed E-state index contributed by atoms with van der Waals surface area (Å²) in [6.07, 6.45) is 6.31. The Morgan fingerprint density at radius 1 is 1.17 bits per heavy atom. The van der Waals surface area contributed by atoms with Gasteiger partial charge in [0.25, 0.3) is 0 Å². The number of aromatic nitrogens is 6. The number of Topliss-reactive ketones (excluding diaryl/α,β-unsaturated/α-hetero) is 1. The summed E-state index contributed by atoms with van der Waals surface area (Å²) in [5.74, 6) is 0.0384. The van der Waals surface area contributed by atoms with Crippen molar-refractivity contribution in [2.24, 2.45) is 5.41 Å². The Kier molecular flexibility index (Phi) is 6.81. The molecule has 0 spiro atoms. The highest BCUT2D eigenvalue weighted by Crippen LogP contribution is 2.59. The molecule has 0 unspecified atom stereocenters. The van der Waals surface area contributed by atoms with Crippen molar-refractivity contribution in [3.05, 3.63) is 58.5 Å². The minimum Gasteiger partial charge on any atom is -0.325 e. The monoisotopic (exact) mass is 627 g/mol. The minimum atomic E-state index is -0.711. The van der Waals surface area contributed by atoms with Crippen LogP contribution in [-0.2, 0) is 22.6 Å². The van der Waals surface area contributed by atoms with E-state index in [2.05, 4.69) is 59.3 Å². The molecule has 1 saturated heterocycles. The fourth-order valence-corrected chi connectivity index (χ4v) is 6.01. The smallest absolute Gasteiger partial charge is 0.248 e. The third-order valence-electron chi connectivity index (χ3n) is 8.01. The molecule has 5 heterocycles. The number of hydrogen-bond donors (Lipinski definition) is 1. The average molecular weight is 628 g/mol. The van der Waals surface area contributed by atoms with E-state index in [-0.39, 0.29) is 47.7 Å². The second-order valence-corrected chi connectivity index (χ2v) is 11.8. The van der Waals surface area contributed by atoms with Gasteiger partial charge in [-0.3, -0.25) is 24.0 Å². The molecular formula is C29H26BrN9O3. The van der Waals surface area contributed by atoms with Gasteiger partial charge in [-0.1, -0.05) is 13.0 Å². The summed E-state index contributed by atoms with van der Waals surface area (Å²) >= 11 is 3.32. The molecule has 1 aliphatic heterocycles. The molecule has 2 amide bonds. The number of likely N-dealkylation sites (tertiary alicyclic amines) is 1. The molecule has 1 saturated carbocycles. The first kappa shape index (κ1) is 27.6. The number of halogens is 1. The van der Waals surface area contributed by atoms with Crippen molar-refractivity contribution in [1.82, 2.24) is 34.6 Å². The number of anilines is 1. The summed E-state index contributed by atoms with van der Waals surface area (Å²) in [6.45, 7) is 5.12. The summed E-state index contributed by atoms with van der Waals surface area (Å²) < 4.78 is 2.00. The van der Waals surface area contributed by atoms with Crippen LogP contribution in [0.4, 0.5) is 5.82 Å². The highest BCUT2D eigenvalue weighted by Gasteiger charge is 2.64. The van der Waals surface area contributed by atoms with E-state index < -0.39 is 6.04 Å². The number of aryl methyl sites for hydroxylation is 1. The lowest BCUT2D eigenvalue weighted by Gasteiger charge is -2.27. The number of hydrogen-bond acceptors (Lipinski definition) is 9. The third-order valence-corrected chi connectivity index (χ3v) is 8.46. The first-order valence-corrected chi connectivity index (χ1v) is 14.2. The Hall–Kier alpha value is -4.57. The van der Waals surface area contributed by atoms with E-state index in [1.54, 1.807) is 48.6 Å². The van der Waals surface area contributed by atoms with Crippen LogP contribution in [0.15, 0.2) is 41.4 Å². The van der Waals surface area contributed by atoms with Crippen molar-refractivity contribution in [2.75, 3.05) is 5.32 Å². The molecule has 212 valence electrons. The van der Waals surface area contributed by atoms with Gasteiger partial charge in [-0.15, -0.1) is 0 Å². The van der Waals surface area contributed by atoms with E-state index in [1.165, 1.54) is 11.6 Å². The SMILES string of the molecule is CC(=O)c1nn(CC(=O)N2[C@H](C(=O)Nc3nc(Br)ccc3CC#N)C[C@@]3(C)C[C@@H]23)c2cnc(-c3cnc(C)nc3)cc12. The van der Waals surface area contributed by atoms with Crippen LogP contribution in [-0.4, -0.2) is 64.3 Å².